The van der Waals surface area contributed by atoms with E-state index in [-0.39, 0.29) is 6.04 Å². The molecule has 0 bridgehead atoms. The van der Waals surface area contributed by atoms with Crippen molar-refractivity contribution in [3.8, 4) is 0 Å². The summed E-state index contributed by atoms with van der Waals surface area (Å²) in [6.45, 7) is 6.88. The Kier molecular flexibility index (Phi) is 4.92. The Hall–Kier alpha value is -1.51. The lowest BCUT2D eigenvalue weighted by Gasteiger charge is -2.31. The number of halogens is 1. The van der Waals surface area contributed by atoms with Crippen molar-refractivity contribution in [1.29, 1.82) is 0 Å². The number of nitrogens with zero attached hydrogens (tertiary/aromatic N) is 1. The molecule has 0 fully saturated rings. The SMILES string of the molecule is Cc1cc(C)cc(N(C)C(CN)c2ccc(Cl)cc2C)c1. The van der Waals surface area contributed by atoms with E-state index in [2.05, 4.69) is 57.0 Å². The average Bonchev–Trinajstić information content (AvgIpc) is 2.40. The van der Waals surface area contributed by atoms with E-state index >= 15 is 0 Å². The molecule has 2 nitrogen and oxygen atoms in total. The number of likely N-dealkylation sites (N-methyl/N-ethyl adjacent to an activating group) is 1. The minimum absolute atomic E-state index is 0.142. The van der Waals surface area contributed by atoms with Gasteiger partial charge >= 0.3 is 0 Å². The molecule has 0 amide bonds. The number of anilines is 1. The van der Waals surface area contributed by atoms with E-state index in [9.17, 15) is 0 Å². The van der Waals surface area contributed by atoms with Gasteiger partial charge in [0.1, 0.15) is 0 Å². The Bertz CT molecular complexity index is 617. The minimum Gasteiger partial charge on any atom is -0.366 e. The van der Waals surface area contributed by atoms with Crippen LogP contribution in [0.15, 0.2) is 36.4 Å². The summed E-state index contributed by atoms with van der Waals surface area (Å²) in [7, 11) is 2.10. The summed E-state index contributed by atoms with van der Waals surface area (Å²) in [4.78, 5) is 2.25. The van der Waals surface area contributed by atoms with Gasteiger partial charge in [-0.05, 0) is 67.3 Å². The monoisotopic (exact) mass is 302 g/mol. The molecule has 2 N–H and O–H groups in total. The van der Waals surface area contributed by atoms with E-state index in [4.69, 9.17) is 17.3 Å². The quantitative estimate of drug-likeness (QED) is 0.907. The van der Waals surface area contributed by atoms with Crippen LogP contribution in [0.3, 0.4) is 0 Å². The lowest BCUT2D eigenvalue weighted by atomic mass is 9.99. The van der Waals surface area contributed by atoms with E-state index in [0.717, 1.165) is 5.02 Å². The standard InChI is InChI=1S/C18H23ClN2/c1-12-7-13(2)9-16(8-12)21(4)18(11-20)17-6-5-15(19)10-14(17)3/h5-10,18H,11,20H2,1-4H3. The molecule has 1 atom stereocenters. The first-order valence-electron chi connectivity index (χ1n) is 7.19. The molecule has 2 aromatic rings. The smallest absolute Gasteiger partial charge is 0.0664 e. The van der Waals surface area contributed by atoms with Gasteiger partial charge in [-0.2, -0.15) is 0 Å². The van der Waals surface area contributed by atoms with Crippen LogP contribution in [-0.2, 0) is 0 Å². The lowest BCUT2D eigenvalue weighted by Crippen LogP contribution is -2.31. The number of hydrogen-bond acceptors (Lipinski definition) is 2. The van der Waals surface area contributed by atoms with Gasteiger partial charge in [0.2, 0.25) is 0 Å². The van der Waals surface area contributed by atoms with Gasteiger partial charge in [-0.1, -0.05) is 23.7 Å². The molecule has 0 spiro atoms. The molecular weight excluding hydrogens is 280 g/mol. The van der Waals surface area contributed by atoms with Crippen molar-refractivity contribution in [3.05, 3.63) is 63.7 Å². The van der Waals surface area contributed by atoms with Crippen molar-refractivity contribution in [2.45, 2.75) is 26.8 Å². The number of nitrogens with two attached hydrogens (primary N) is 1. The van der Waals surface area contributed by atoms with Crippen molar-refractivity contribution in [2.75, 3.05) is 18.5 Å². The minimum atomic E-state index is 0.142. The Morgan fingerprint density at radius 3 is 2.19 bits per heavy atom. The van der Waals surface area contributed by atoms with Gasteiger partial charge in [0.25, 0.3) is 0 Å². The molecule has 2 rings (SSSR count). The van der Waals surface area contributed by atoms with Gasteiger partial charge in [-0.3, -0.25) is 0 Å². The van der Waals surface area contributed by atoms with Crippen LogP contribution in [0, 0.1) is 20.8 Å². The average molecular weight is 303 g/mol. The first-order valence-corrected chi connectivity index (χ1v) is 7.57. The van der Waals surface area contributed by atoms with Crippen LogP contribution in [0.1, 0.15) is 28.3 Å². The van der Waals surface area contributed by atoms with Crippen LogP contribution < -0.4 is 10.6 Å². The molecule has 0 saturated carbocycles. The largest absolute Gasteiger partial charge is 0.366 e. The molecule has 112 valence electrons. The predicted molar refractivity (Wildman–Crippen MR) is 92.3 cm³/mol. The van der Waals surface area contributed by atoms with Gasteiger partial charge in [-0.25, -0.2) is 0 Å². The van der Waals surface area contributed by atoms with Crippen LogP contribution in [0.4, 0.5) is 5.69 Å². The van der Waals surface area contributed by atoms with E-state index in [0.29, 0.717) is 6.54 Å². The molecule has 0 aliphatic rings. The van der Waals surface area contributed by atoms with E-state index < -0.39 is 0 Å². The maximum Gasteiger partial charge on any atom is 0.0664 e. The highest BCUT2D eigenvalue weighted by Gasteiger charge is 2.18. The fourth-order valence-electron chi connectivity index (χ4n) is 2.84. The van der Waals surface area contributed by atoms with Crippen molar-refractivity contribution in [2.24, 2.45) is 5.73 Å². The maximum atomic E-state index is 6.06. The number of hydrogen-bond donors (Lipinski definition) is 1. The molecule has 0 aliphatic carbocycles. The first kappa shape index (κ1) is 15.9. The predicted octanol–water partition coefficient (Wildman–Crippen LogP) is 4.40. The lowest BCUT2D eigenvalue weighted by molar-refractivity contribution is 0.676. The number of benzene rings is 2. The highest BCUT2D eigenvalue weighted by molar-refractivity contribution is 6.30. The fourth-order valence-corrected chi connectivity index (χ4v) is 3.07. The van der Waals surface area contributed by atoms with E-state index in [1.54, 1.807) is 0 Å². The van der Waals surface area contributed by atoms with Crippen molar-refractivity contribution in [1.82, 2.24) is 0 Å². The third kappa shape index (κ3) is 3.58. The molecule has 0 heterocycles. The maximum absolute atomic E-state index is 6.06. The first-order chi connectivity index (χ1) is 9.92. The highest BCUT2D eigenvalue weighted by Crippen LogP contribution is 2.29. The zero-order valence-corrected chi connectivity index (χ0v) is 13.9. The molecular formula is C18H23ClN2. The van der Waals surface area contributed by atoms with Crippen LogP contribution in [-0.4, -0.2) is 13.6 Å². The van der Waals surface area contributed by atoms with Crippen molar-refractivity contribution < 1.29 is 0 Å². The van der Waals surface area contributed by atoms with Gasteiger partial charge in [0.05, 0.1) is 6.04 Å². The third-order valence-corrected chi connectivity index (χ3v) is 4.13. The Balaban J connectivity index is 2.40. The topological polar surface area (TPSA) is 29.3 Å². The second kappa shape index (κ2) is 6.50. The van der Waals surface area contributed by atoms with Gasteiger partial charge < -0.3 is 10.6 Å². The summed E-state index contributed by atoms with van der Waals surface area (Å²) in [6, 6.07) is 12.7. The van der Waals surface area contributed by atoms with Crippen LogP contribution in [0.2, 0.25) is 5.02 Å². The number of aryl methyl sites for hydroxylation is 3. The fraction of sp³-hybridized carbons (Fsp3) is 0.333. The van der Waals surface area contributed by atoms with Crippen LogP contribution in [0.5, 0.6) is 0 Å². The summed E-state index contributed by atoms with van der Waals surface area (Å²) in [5, 5.41) is 0.765. The van der Waals surface area contributed by atoms with Crippen molar-refractivity contribution >= 4 is 17.3 Å². The summed E-state index contributed by atoms with van der Waals surface area (Å²) in [5.74, 6) is 0. The Labute approximate surface area is 132 Å². The van der Waals surface area contributed by atoms with Crippen molar-refractivity contribution in [3.63, 3.8) is 0 Å². The summed E-state index contributed by atoms with van der Waals surface area (Å²) in [5.41, 5.74) is 12.2. The summed E-state index contributed by atoms with van der Waals surface area (Å²) < 4.78 is 0. The van der Waals surface area contributed by atoms with Crippen LogP contribution >= 0.6 is 11.6 Å². The molecule has 0 saturated heterocycles. The molecule has 0 aliphatic heterocycles. The summed E-state index contributed by atoms with van der Waals surface area (Å²) in [6.07, 6.45) is 0. The zero-order chi connectivity index (χ0) is 15.6. The third-order valence-electron chi connectivity index (χ3n) is 3.90. The normalized spacial score (nSPS) is 12.3. The molecule has 0 radical (unpaired) electrons. The van der Waals surface area contributed by atoms with Gasteiger partial charge in [0.15, 0.2) is 0 Å². The zero-order valence-electron chi connectivity index (χ0n) is 13.2. The molecule has 3 heteroatoms. The summed E-state index contributed by atoms with van der Waals surface area (Å²) >= 11 is 6.06. The Morgan fingerprint density at radius 1 is 1.05 bits per heavy atom. The van der Waals surface area contributed by atoms with E-state index in [1.807, 2.05) is 12.1 Å². The second-order valence-corrected chi connectivity index (χ2v) is 6.15. The van der Waals surface area contributed by atoms with Gasteiger partial charge in [-0.15, -0.1) is 0 Å². The number of rotatable bonds is 4. The molecule has 0 aromatic heterocycles. The van der Waals surface area contributed by atoms with Gasteiger partial charge in [0, 0.05) is 24.3 Å². The van der Waals surface area contributed by atoms with E-state index in [1.165, 1.54) is 27.9 Å². The second-order valence-electron chi connectivity index (χ2n) is 5.71. The highest BCUT2D eigenvalue weighted by atomic mass is 35.5. The molecule has 1 unspecified atom stereocenters. The Morgan fingerprint density at radius 2 is 1.67 bits per heavy atom. The van der Waals surface area contributed by atoms with Crippen LogP contribution in [0.25, 0.3) is 0 Å². The molecule has 2 aromatic carbocycles. The molecule has 21 heavy (non-hydrogen) atoms.